The molecule has 0 fully saturated rings. The molecule has 0 radical (unpaired) electrons. The van der Waals surface area contributed by atoms with E-state index in [9.17, 15) is 8.78 Å². The molecule has 1 nitrogen and oxygen atoms in total. The van der Waals surface area contributed by atoms with Crippen molar-refractivity contribution in [1.82, 2.24) is 0 Å². The SMILES string of the molecule is CC(C)(C)C(N)CCCc1ccc(F)cc1F. The summed E-state index contributed by atoms with van der Waals surface area (Å²) < 4.78 is 26.0. The molecule has 1 unspecified atom stereocenters. The van der Waals surface area contributed by atoms with Crippen LogP contribution in [-0.2, 0) is 6.42 Å². The highest BCUT2D eigenvalue weighted by atomic mass is 19.1. The van der Waals surface area contributed by atoms with Gasteiger partial charge in [0.15, 0.2) is 0 Å². The third-order valence-electron chi connectivity index (χ3n) is 3.09. The first-order valence-electron chi connectivity index (χ1n) is 6.00. The maximum Gasteiger partial charge on any atom is 0.129 e. The molecule has 3 heteroatoms. The molecule has 1 aromatic carbocycles. The zero-order valence-electron chi connectivity index (χ0n) is 10.8. The minimum Gasteiger partial charge on any atom is -0.327 e. The van der Waals surface area contributed by atoms with Crippen LogP contribution < -0.4 is 5.73 Å². The molecule has 0 bridgehead atoms. The van der Waals surface area contributed by atoms with E-state index in [0.29, 0.717) is 12.0 Å². The van der Waals surface area contributed by atoms with Crippen molar-refractivity contribution in [2.24, 2.45) is 11.1 Å². The van der Waals surface area contributed by atoms with Crippen molar-refractivity contribution in [2.45, 2.75) is 46.1 Å². The molecule has 1 rings (SSSR count). The molecule has 0 spiro atoms. The first-order valence-corrected chi connectivity index (χ1v) is 6.00. The summed E-state index contributed by atoms with van der Waals surface area (Å²) in [7, 11) is 0. The summed E-state index contributed by atoms with van der Waals surface area (Å²) in [5.41, 5.74) is 6.66. The van der Waals surface area contributed by atoms with Gasteiger partial charge in [-0.15, -0.1) is 0 Å². The molecule has 0 aromatic heterocycles. The molecule has 1 aromatic rings. The summed E-state index contributed by atoms with van der Waals surface area (Å²) in [6.07, 6.45) is 2.27. The van der Waals surface area contributed by atoms with Crippen molar-refractivity contribution in [3.8, 4) is 0 Å². The smallest absolute Gasteiger partial charge is 0.129 e. The predicted molar refractivity (Wildman–Crippen MR) is 66.7 cm³/mol. The predicted octanol–water partition coefficient (Wildman–Crippen LogP) is 3.66. The molecule has 0 heterocycles. The molecule has 0 amide bonds. The summed E-state index contributed by atoms with van der Waals surface area (Å²) >= 11 is 0. The number of aryl methyl sites for hydroxylation is 1. The Hall–Kier alpha value is -0.960. The largest absolute Gasteiger partial charge is 0.327 e. The van der Waals surface area contributed by atoms with Crippen molar-refractivity contribution < 1.29 is 8.78 Å². The lowest BCUT2D eigenvalue weighted by Gasteiger charge is -2.26. The van der Waals surface area contributed by atoms with Gasteiger partial charge in [-0.1, -0.05) is 26.8 Å². The highest BCUT2D eigenvalue weighted by Crippen LogP contribution is 2.22. The summed E-state index contributed by atoms with van der Waals surface area (Å²) in [5, 5.41) is 0. The van der Waals surface area contributed by atoms with Crippen molar-refractivity contribution in [1.29, 1.82) is 0 Å². The van der Waals surface area contributed by atoms with Crippen molar-refractivity contribution >= 4 is 0 Å². The second-order valence-electron chi connectivity index (χ2n) is 5.60. The van der Waals surface area contributed by atoms with E-state index in [4.69, 9.17) is 5.73 Å². The molecule has 0 saturated carbocycles. The van der Waals surface area contributed by atoms with Gasteiger partial charge in [0.2, 0.25) is 0 Å². The van der Waals surface area contributed by atoms with Crippen LogP contribution in [0.4, 0.5) is 8.78 Å². The third-order valence-corrected chi connectivity index (χ3v) is 3.09. The van der Waals surface area contributed by atoms with Gasteiger partial charge in [-0.25, -0.2) is 8.78 Å². The fourth-order valence-corrected chi connectivity index (χ4v) is 1.67. The molecule has 0 aliphatic carbocycles. The van der Waals surface area contributed by atoms with Crippen LogP contribution in [0.15, 0.2) is 18.2 Å². The lowest BCUT2D eigenvalue weighted by molar-refractivity contribution is 0.301. The fraction of sp³-hybridized carbons (Fsp3) is 0.571. The highest BCUT2D eigenvalue weighted by molar-refractivity contribution is 5.18. The maximum absolute atomic E-state index is 13.3. The molecule has 96 valence electrons. The first-order chi connectivity index (χ1) is 7.80. The van der Waals surface area contributed by atoms with Crippen molar-refractivity contribution in [3.05, 3.63) is 35.4 Å². The summed E-state index contributed by atoms with van der Waals surface area (Å²) in [5.74, 6) is -0.994. The van der Waals surface area contributed by atoms with Gasteiger partial charge in [0.25, 0.3) is 0 Å². The number of halogens is 2. The topological polar surface area (TPSA) is 26.0 Å². The van der Waals surface area contributed by atoms with Gasteiger partial charge in [0.1, 0.15) is 11.6 Å². The minimum atomic E-state index is -0.530. The zero-order chi connectivity index (χ0) is 13.1. The molecular weight excluding hydrogens is 220 g/mol. The quantitative estimate of drug-likeness (QED) is 0.855. The first kappa shape index (κ1) is 14.1. The summed E-state index contributed by atoms with van der Waals surface area (Å²) in [4.78, 5) is 0. The van der Waals surface area contributed by atoms with Crippen LogP contribution in [0.25, 0.3) is 0 Å². The Kier molecular flexibility index (Phi) is 4.63. The standard InChI is InChI=1S/C14H21F2N/c1-14(2,3)13(17)6-4-5-10-7-8-11(15)9-12(10)16/h7-9,13H,4-6,17H2,1-3H3. The Balaban J connectivity index is 2.46. The molecule has 1 atom stereocenters. The van der Waals surface area contributed by atoms with Crippen LogP contribution in [0, 0.1) is 17.0 Å². The van der Waals surface area contributed by atoms with E-state index in [1.807, 2.05) is 0 Å². The lowest BCUT2D eigenvalue weighted by Crippen LogP contribution is -2.34. The van der Waals surface area contributed by atoms with E-state index in [1.165, 1.54) is 12.1 Å². The van der Waals surface area contributed by atoms with Crippen LogP contribution in [0.1, 0.15) is 39.2 Å². The number of hydrogen-bond donors (Lipinski definition) is 1. The van der Waals surface area contributed by atoms with Crippen molar-refractivity contribution in [2.75, 3.05) is 0 Å². The van der Waals surface area contributed by atoms with Gasteiger partial charge >= 0.3 is 0 Å². The Morgan fingerprint density at radius 2 is 1.88 bits per heavy atom. The van der Waals surface area contributed by atoms with Crippen molar-refractivity contribution in [3.63, 3.8) is 0 Å². The minimum absolute atomic E-state index is 0.0708. The number of benzene rings is 1. The third kappa shape index (κ3) is 4.43. The average molecular weight is 241 g/mol. The van der Waals surface area contributed by atoms with Crippen LogP contribution in [0.5, 0.6) is 0 Å². The molecule has 0 aliphatic rings. The number of nitrogens with two attached hydrogens (primary N) is 1. The Labute approximate surface area is 102 Å². The monoisotopic (exact) mass is 241 g/mol. The van der Waals surface area contributed by atoms with E-state index in [0.717, 1.165) is 18.9 Å². The normalized spacial score (nSPS) is 13.8. The Bertz CT molecular complexity index is 369. The van der Waals surface area contributed by atoms with E-state index in [1.54, 1.807) is 0 Å². The molecule has 0 aliphatic heterocycles. The van der Waals surface area contributed by atoms with Gasteiger partial charge in [-0.2, -0.15) is 0 Å². The molecular formula is C14H21F2N. The van der Waals surface area contributed by atoms with Crippen LogP contribution in [-0.4, -0.2) is 6.04 Å². The van der Waals surface area contributed by atoms with Crippen LogP contribution in [0.2, 0.25) is 0 Å². The van der Waals surface area contributed by atoms with Gasteiger partial charge in [0, 0.05) is 12.1 Å². The second-order valence-corrected chi connectivity index (χ2v) is 5.60. The Morgan fingerprint density at radius 1 is 1.24 bits per heavy atom. The van der Waals surface area contributed by atoms with Gasteiger partial charge in [0.05, 0.1) is 0 Å². The lowest BCUT2D eigenvalue weighted by atomic mass is 9.84. The van der Waals surface area contributed by atoms with Gasteiger partial charge in [-0.05, 0) is 36.3 Å². The second kappa shape index (κ2) is 5.58. The summed E-state index contributed by atoms with van der Waals surface area (Å²) in [6.45, 7) is 6.28. The van der Waals surface area contributed by atoms with Crippen LogP contribution in [0.3, 0.4) is 0 Å². The van der Waals surface area contributed by atoms with E-state index < -0.39 is 11.6 Å². The number of hydrogen-bond acceptors (Lipinski definition) is 1. The summed E-state index contributed by atoms with van der Waals surface area (Å²) in [6, 6.07) is 3.83. The van der Waals surface area contributed by atoms with E-state index in [-0.39, 0.29) is 11.5 Å². The maximum atomic E-state index is 13.3. The molecule has 2 N–H and O–H groups in total. The fourth-order valence-electron chi connectivity index (χ4n) is 1.67. The average Bonchev–Trinajstić information content (AvgIpc) is 2.19. The van der Waals surface area contributed by atoms with Gasteiger partial charge in [-0.3, -0.25) is 0 Å². The zero-order valence-corrected chi connectivity index (χ0v) is 10.8. The van der Waals surface area contributed by atoms with Gasteiger partial charge < -0.3 is 5.73 Å². The number of rotatable bonds is 4. The Morgan fingerprint density at radius 3 is 2.41 bits per heavy atom. The van der Waals surface area contributed by atoms with E-state index in [2.05, 4.69) is 20.8 Å². The highest BCUT2D eigenvalue weighted by Gasteiger charge is 2.19. The van der Waals surface area contributed by atoms with Crippen LogP contribution >= 0.6 is 0 Å². The molecule has 17 heavy (non-hydrogen) atoms. The molecule has 0 saturated heterocycles. The van der Waals surface area contributed by atoms with E-state index >= 15 is 0 Å².